The number of rotatable bonds is 2. The minimum Gasteiger partial charge on any atom is -0.345 e. The van der Waals surface area contributed by atoms with Crippen LogP contribution in [0.1, 0.15) is 32.6 Å². The number of piperidine rings is 1. The van der Waals surface area contributed by atoms with Gasteiger partial charge in [-0.15, -0.1) is 11.3 Å². The molecule has 1 aliphatic rings. The molecule has 1 aromatic heterocycles. The van der Waals surface area contributed by atoms with Crippen molar-refractivity contribution in [3.8, 4) is 0 Å². The Bertz CT molecular complexity index is 245. The van der Waals surface area contributed by atoms with Gasteiger partial charge in [0.15, 0.2) is 5.13 Å². The van der Waals surface area contributed by atoms with Gasteiger partial charge in [-0.1, -0.05) is 6.92 Å². The maximum Gasteiger partial charge on any atom is 0.185 e. The second-order valence-corrected chi connectivity index (χ2v) is 4.44. The summed E-state index contributed by atoms with van der Waals surface area (Å²) in [6.07, 6.45) is 7.22. The van der Waals surface area contributed by atoms with Gasteiger partial charge in [-0.3, -0.25) is 0 Å². The van der Waals surface area contributed by atoms with E-state index in [9.17, 15) is 0 Å². The molecule has 0 aromatic carbocycles. The third-order valence-corrected chi connectivity index (χ3v) is 3.57. The van der Waals surface area contributed by atoms with Gasteiger partial charge < -0.3 is 4.90 Å². The molecule has 0 N–H and O–H groups in total. The van der Waals surface area contributed by atoms with E-state index in [-0.39, 0.29) is 0 Å². The molecule has 0 amide bonds. The maximum atomic E-state index is 4.38. The Morgan fingerprint density at radius 1 is 1.62 bits per heavy atom. The van der Waals surface area contributed by atoms with Gasteiger partial charge in [-0.05, 0) is 25.7 Å². The lowest BCUT2D eigenvalue weighted by Gasteiger charge is -2.34. The van der Waals surface area contributed by atoms with Crippen molar-refractivity contribution in [2.45, 2.75) is 38.6 Å². The zero-order valence-electron chi connectivity index (χ0n) is 8.07. The summed E-state index contributed by atoms with van der Waals surface area (Å²) in [5.41, 5.74) is 0. The summed E-state index contributed by atoms with van der Waals surface area (Å²) < 4.78 is 0. The molecule has 1 saturated heterocycles. The average molecular weight is 196 g/mol. The molecule has 0 saturated carbocycles. The van der Waals surface area contributed by atoms with Crippen molar-refractivity contribution in [1.29, 1.82) is 0 Å². The first kappa shape index (κ1) is 9.00. The van der Waals surface area contributed by atoms with Gasteiger partial charge in [0, 0.05) is 24.2 Å². The first-order valence-electron chi connectivity index (χ1n) is 5.08. The van der Waals surface area contributed by atoms with Crippen LogP contribution in [0.2, 0.25) is 0 Å². The van der Waals surface area contributed by atoms with Crippen LogP contribution in [0.25, 0.3) is 0 Å². The van der Waals surface area contributed by atoms with Crippen molar-refractivity contribution in [3.05, 3.63) is 11.6 Å². The fourth-order valence-corrected chi connectivity index (χ4v) is 2.78. The molecule has 1 atom stereocenters. The number of hydrogen-bond donors (Lipinski definition) is 0. The molecule has 2 heterocycles. The molecule has 3 heteroatoms. The van der Waals surface area contributed by atoms with Crippen molar-refractivity contribution >= 4 is 16.5 Å². The Morgan fingerprint density at radius 3 is 3.23 bits per heavy atom. The first-order chi connectivity index (χ1) is 6.42. The van der Waals surface area contributed by atoms with Crippen LogP contribution in [-0.2, 0) is 0 Å². The van der Waals surface area contributed by atoms with Crippen LogP contribution >= 0.6 is 11.3 Å². The van der Waals surface area contributed by atoms with E-state index in [1.54, 1.807) is 11.3 Å². The third kappa shape index (κ3) is 1.85. The molecule has 1 aliphatic heterocycles. The molecule has 13 heavy (non-hydrogen) atoms. The van der Waals surface area contributed by atoms with E-state index in [1.165, 1.54) is 37.4 Å². The van der Waals surface area contributed by atoms with E-state index in [0.717, 1.165) is 6.04 Å². The van der Waals surface area contributed by atoms with Gasteiger partial charge in [-0.25, -0.2) is 4.98 Å². The summed E-state index contributed by atoms with van der Waals surface area (Å²) in [5.74, 6) is 0. The van der Waals surface area contributed by atoms with Crippen LogP contribution in [0.15, 0.2) is 11.6 Å². The monoisotopic (exact) mass is 196 g/mol. The van der Waals surface area contributed by atoms with E-state index in [0.29, 0.717) is 0 Å². The van der Waals surface area contributed by atoms with Gasteiger partial charge in [0.05, 0.1) is 0 Å². The summed E-state index contributed by atoms with van der Waals surface area (Å²) in [5, 5.41) is 3.28. The Balaban J connectivity index is 2.11. The minimum absolute atomic E-state index is 0.736. The molecule has 2 nitrogen and oxygen atoms in total. The molecule has 0 bridgehead atoms. The standard InChI is InChI=1S/C10H16N2S/c1-2-9-5-3-4-7-12(9)10-11-6-8-13-10/h6,8-9H,2-5,7H2,1H3. The fourth-order valence-electron chi connectivity index (χ4n) is 2.03. The first-order valence-corrected chi connectivity index (χ1v) is 5.96. The highest BCUT2D eigenvalue weighted by Crippen LogP contribution is 2.27. The Labute approximate surface area is 83.6 Å². The molecule has 0 radical (unpaired) electrons. The summed E-state index contributed by atoms with van der Waals surface area (Å²) in [4.78, 5) is 6.86. The summed E-state index contributed by atoms with van der Waals surface area (Å²) in [7, 11) is 0. The quantitative estimate of drug-likeness (QED) is 0.723. The minimum atomic E-state index is 0.736. The molecule has 1 aromatic rings. The number of nitrogens with zero attached hydrogens (tertiary/aromatic N) is 2. The van der Waals surface area contributed by atoms with Crippen LogP contribution in [0.4, 0.5) is 5.13 Å². The van der Waals surface area contributed by atoms with Crippen molar-refractivity contribution in [3.63, 3.8) is 0 Å². The second kappa shape index (κ2) is 4.09. The highest BCUT2D eigenvalue weighted by atomic mass is 32.1. The summed E-state index contributed by atoms with van der Waals surface area (Å²) in [6, 6.07) is 0.736. The van der Waals surface area contributed by atoms with Crippen LogP contribution in [0, 0.1) is 0 Å². The third-order valence-electron chi connectivity index (χ3n) is 2.76. The molecule has 1 fully saturated rings. The maximum absolute atomic E-state index is 4.38. The Morgan fingerprint density at radius 2 is 2.54 bits per heavy atom. The molecule has 72 valence electrons. The largest absolute Gasteiger partial charge is 0.345 e. The highest BCUT2D eigenvalue weighted by Gasteiger charge is 2.22. The second-order valence-electron chi connectivity index (χ2n) is 3.57. The summed E-state index contributed by atoms with van der Waals surface area (Å²) in [6.45, 7) is 3.47. The van der Waals surface area contributed by atoms with Crippen molar-refractivity contribution in [1.82, 2.24) is 4.98 Å². The highest BCUT2D eigenvalue weighted by molar-refractivity contribution is 7.13. The van der Waals surface area contributed by atoms with E-state index in [1.807, 2.05) is 6.20 Å². The van der Waals surface area contributed by atoms with Gasteiger partial charge in [0.1, 0.15) is 0 Å². The van der Waals surface area contributed by atoms with Crippen molar-refractivity contribution in [2.75, 3.05) is 11.4 Å². The van der Waals surface area contributed by atoms with Gasteiger partial charge >= 0.3 is 0 Å². The van der Waals surface area contributed by atoms with E-state index < -0.39 is 0 Å². The topological polar surface area (TPSA) is 16.1 Å². The summed E-state index contributed by atoms with van der Waals surface area (Å²) >= 11 is 1.76. The molecule has 0 spiro atoms. The van der Waals surface area contributed by atoms with Gasteiger partial charge in [0.2, 0.25) is 0 Å². The van der Waals surface area contributed by atoms with Gasteiger partial charge in [0.25, 0.3) is 0 Å². The van der Waals surface area contributed by atoms with Crippen molar-refractivity contribution < 1.29 is 0 Å². The lowest BCUT2D eigenvalue weighted by molar-refractivity contribution is 0.449. The zero-order chi connectivity index (χ0) is 9.10. The molecular formula is C10H16N2S. The number of thiazole rings is 1. The van der Waals surface area contributed by atoms with Gasteiger partial charge in [-0.2, -0.15) is 0 Å². The lowest BCUT2D eigenvalue weighted by Crippen LogP contribution is -2.38. The molecule has 0 aliphatic carbocycles. The van der Waals surface area contributed by atoms with Crippen LogP contribution in [0.3, 0.4) is 0 Å². The number of aromatic nitrogens is 1. The molecule has 2 rings (SSSR count). The normalized spacial score (nSPS) is 23.5. The van der Waals surface area contributed by atoms with E-state index in [4.69, 9.17) is 0 Å². The zero-order valence-corrected chi connectivity index (χ0v) is 8.89. The smallest absolute Gasteiger partial charge is 0.185 e. The molecule has 1 unspecified atom stereocenters. The Kier molecular flexibility index (Phi) is 2.83. The number of hydrogen-bond acceptors (Lipinski definition) is 3. The van der Waals surface area contributed by atoms with E-state index >= 15 is 0 Å². The fraction of sp³-hybridized carbons (Fsp3) is 0.700. The van der Waals surface area contributed by atoms with Crippen LogP contribution in [0.5, 0.6) is 0 Å². The van der Waals surface area contributed by atoms with Crippen LogP contribution < -0.4 is 4.90 Å². The van der Waals surface area contributed by atoms with Crippen LogP contribution in [-0.4, -0.2) is 17.6 Å². The average Bonchev–Trinajstić information content (AvgIpc) is 2.70. The van der Waals surface area contributed by atoms with E-state index in [2.05, 4.69) is 22.2 Å². The SMILES string of the molecule is CCC1CCCCN1c1nccs1. The Hall–Kier alpha value is -0.570. The lowest BCUT2D eigenvalue weighted by atomic mass is 10.0. The number of anilines is 1. The predicted octanol–water partition coefficient (Wildman–Crippen LogP) is 2.91. The molecular weight excluding hydrogens is 180 g/mol. The van der Waals surface area contributed by atoms with Crippen molar-refractivity contribution in [2.24, 2.45) is 0 Å². The predicted molar refractivity (Wildman–Crippen MR) is 57.4 cm³/mol.